The van der Waals surface area contributed by atoms with Gasteiger partial charge in [0.25, 0.3) is 0 Å². The molecule has 0 saturated heterocycles. The molecule has 1 aliphatic heterocycles. The zero-order chi connectivity index (χ0) is 18.4. The molecule has 2 aromatic rings. The van der Waals surface area contributed by atoms with E-state index in [0.29, 0.717) is 5.56 Å². The Bertz CT molecular complexity index is 820. The van der Waals surface area contributed by atoms with E-state index in [1.807, 2.05) is 0 Å². The number of hydrogen-bond acceptors (Lipinski definition) is 3. The number of alkyl halides is 3. The van der Waals surface area contributed by atoms with Crippen molar-refractivity contribution in [2.75, 3.05) is 6.54 Å². The third kappa shape index (κ3) is 3.33. The minimum absolute atomic E-state index is 0.0419. The van der Waals surface area contributed by atoms with Gasteiger partial charge < -0.3 is 9.47 Å². The lowest BCUT2D eigenvalue weighted by Gasteiger charge is -2.30. The third-order valence-electron chi connectivity index (χ3n) is 4.13. The first-order valence-corrected chi connectivity index (χ1v) is 7.79. The molecular formula is C15H13ClF4N4O. The van der Waals surface area contributed by atoms with Crippen molar-refractivity contribution in [3.05, 3.63) is 46.3 Å². The summed E-state index contributed by atoms with van der Waals surface area (Å²) in [7, 11) is 0. The van der Waals surface area contributed by atoms with Crippen molar-refractivity contribution in [1.29, 1.82) is 0 Å². The topological polar surface area (TPSA) is 51.0 Å². The second-order valence-electron chi connectivity index (χ2n) is 5.74. The SMILES string of the molecule is CC(C(=O)N1CCn2c(nnc2C(F)(F)F)C1)c1ccc(F)c(Cl)c1. The summed E-state index contributed by atoms with van der Waals surface area (Å²) >= 11 is 5.73. The van der Waals surface area contributed by atoms with E-state index < -0.39 is 23.7 Å². The summed E-state index contributed by atoms with van der Waals surface area (Å²) in [6.07, 6.45) is -4.59. The highest BCUT2D eigenvalue weighted by molar-refractivity contribution is 6.30. The van der Waals surface area contributed by atoms with Gasteiger partial charge in [-0.1, -0.05) is 17.7 Å². The average molecular weight is 377 g/mol. The monoisotopic (exact) mass is 376 g/mol. The molecule has 1 aliphatic rings. The Balaban J connectivity index is 1.78. The van der Waals surface area contributed by atoms with E-state index in [2.05, 4.69) is 10.2 Å². The van der Waals surface area contributed by atoms with Gasteiger partial charge in [-0.2, -0.15) is 13.2 Å². The van der Waals surface area contributed by atoms with Crippen molar-refractivity contribution in [1.82, 2.24) is 19.7 Å². The highest BCUT2D eigenvalue weighted by Gasteiger charge is 2.40. The maximum absolute atomic E-state index is 13.2. The number of carbonyl (C=O) groups is 1. The molecule has 0 bridgehead atoms. The summed E-state index contributed by atoms with van der Waals surface area (Å²) in [5.41, 5.74) is 0.527. The van der Waals surface area contributed by atoms with Crippen LogP contribution in [0.4, 0.5) is 17.6 Å². The largest absolute Gasteiger partial charge is 0.451 e. The van der Waals surface area contributed by atoms with Gasteiger partial charge in [-0.25, -0.2) is 4.39 Å². The van der Waals surface area contributed by atoms with Crippen molar-refractivity contribution in [3.8, 4) is 0 Å². The van der Waals surface area contributed by atoms with Gasteiger partial charge in [0, 0.05) is 13.1 Å². The van der Waals surface area contributed by atoms with E-state index in [9.17, 15) is 22.4 Å². The molecule has 1 aromatic carbocycles. The summed E-state index contributed by atoms with van der Waals surface area (Å²) in [6.45, 7) is 1.62. The maximum Gasteiger partial charge on any atom is 0.451 e. The lowest BCUT2D eigenvalue weighted by atomic mass is 9.99. The molecule has 134 valence electrons. The van der Waals surface area contributed by atoms with Gasteiger partial charge in [-0.3, -0.25) is 4.79 Å². The van der Waals surface area contributed by atoms with Gasteiger partial charge in [-0.05, 0) is 24.6 Å². The summed E-state index contributed by atoms with van der Waals surface area (Å²) in [4.78, 5) is 14.0. The molecule has 5 nitrogen and oxygen atoms in total. The van der Waals surface area contributed by atoms with E-state index in [1.165, 1.54) is 23.1 Å². The van der Waals surface area contributed by atoms with Gasteiger partial charge >= 0.3 is 6.18 Å². The molecule has 0 aliphatic carbocycles. The van der Waals surface area contributed by atoms with Crippen LogP contribution < -0.4 is 0 Å². The van der Waals surface area contributed by atoms with E-state index in [4.69, 9.17) is 11.6 Å². The molecule has 0 radical (unpaired) electrons. The molecule has 2 heterocycles. The molecule has 1 atom stereocenters. The molecule has 0 fully saturated rings. The Kier molecular flexibility index (Phi) is 4.44. The molecule has 0 spiro atoms. The first kappa shape index (κ1) is 17.7. The lowest BCUT2D eigenvalue weighted by molar-refractivity contribution is -0.148. The second kappa shape index (κ2) is 6.29. The number of benzene rings is 1. The average Bonchev–Trinajstić information content (AvgIpc) is 2.99. The Morgan fingerprint density at radius 1 is 1.28 bits per heavy atom. The van der Waals surface area contributed by atoms with Crippen molar-refractivity contribution in [2.45, 2.75) is 32.1 Å². The van der Waals surface area contributed by atoms with Gasteiger partial charge in [-0.15, -0.1) is 10.2 Å². The molecule has 0 N–H and O–H groups in total. The van der Waals surface area contributed by atoms with Crippen LogP contribution in [0.5, 0.6) is 0 Å². The molecule has 3 rings (SSSR count). The highest BCUT2D eigenvalue weighted by atomic mass is 35.5. The first-order chi connectivity index (χ1) is 11.7. The van der Waals surface area contributed by atoms with E-state index in [-0.39, 0.29) is 36.4 Å². The molecular weight excluding hydrogens is 364 g/mol. The minimum Gasteiger partial charge on any atom is -0.333 e. The lowest BCUT2D eigenvalue weighted by Crippen LogP contribution is -2.41. The maximum atomic E-state index is 13.2. The zero-order valence-corrected chi connectivity index (χ0v) is 13.8. The van der Waals surface area contributed by atoms with Crippen molar-refractivity contribution < 1.29 is 22.4 Å². The van der Waals surface area contributed by atoms with Crippen LogP contribution in [0, 0.1) is 5.82 Å². The fraction of sp³-hybridized carbons (Fsp3) is 0.400. The van der Waals surface area contributed by atoms with Gasteiger partial charge in [0.2, 0.25) is 11.7 Å². The van der Waals surface area contributed by atoms with Gasteiger partial charge in [0.05, 0.1) is 17.5 Å². The predicted molar refractivity (Wildman–Crippen MR) is 80.3 cm³/mol. The number of hydrogen-bond donors (Lipinski definition) is 0. The smallest absolute Gasteiger partial charge is 0.333 e. The Morgan fingerprint density at radius 3 is 2.64 bits per heavy atom. The van der Waals surface area contributed by atoms with Crippen molar-refractivity contribution in [3.63, 3.8) is 0 Å². The summed E-state index contributed by atoms with van der Waals surface area (Å²) in [6, 6.07) is 4.00. The van der Waals surface area contributed by atoms with Crippen LogP contribution in [-0.2, 0) is 24.1 Å². The number of aromatic nitrogens is 3. The fourth-order valence-electron chi connectivity index (χ4n) is 2.75. The number of carbonyl (C=O) groups excluding carboxylic acids is 1. The number of rotatable bonds is 2. The Labute approximate surface area is 145 Å². The van der Waals surface area contributed by atoms with E-state index >= 15 is 0 Å². The molecule has 1 amide bonds. The molecule has 0 saturated carbocycles. The standard InChI is InChI=1S/C15H13ClF4N4O/c1-8(9-2-3-11(17)10(16)6-9)13(25)23-4-5-24-12(7-23)21-22-14(24)15(18,19)20/h2-3,6,8H,4-5,7H2,1H3. The van der Waals surface area contributed by atoms with E-state index in [1.54, 1.807) is 6.92 Å². The van der Waals surface area contributed by atoms with Crippen LogP contribution in [-0.4, -0.2) is 32.1 Å². The summed E-state index contributed by atoms with van der Waals surface area (Å²) < 4.78 is 52.7. The van der Waals surface area contributed by atoms with Crippen molar-refractivity contribution in [2.24, 2.45) is 0 Å². The minimum atomic E-state index is -4.59. The molecule has 25 heavy (non-hydrogen) atoms. The Morgan fingerprint density at radius 2 is 2.00 bits per heavy atom. The van der Waals surface area contributed by atoms with E-state index in [0.717, 1.165) is 4.57 Å². The first-order valence-electron chi connectivity index (χ1n) is 7.41. The summed E-state index contributed by atoms with van der Waals surface area (Å²) in [5, 5.41) is 6.63. The van der Waals surface area contributed by atoms with Gasteiger partial charge in [0.15, 0.2) is 5.82 Å². The molecule has 1 aromatic heterocycles. The van der Waals surface area contributed by atoms with Crippen LogP contribution in [0.15, 0.2) is 18.2 Å². The van der Waals surface area contributed by atoms with Crippen molar-refractivity contribution >= 4 is 17.5 Å². The van der Waals surface area contributed by atoms with Crippen LogP contribution in [0.25, 0.3) is 0 Å². The normalized spacial score (nSPS) is 15.8. The predicted octanol–water partition coefficient (Wildman–Crippen LogP) is 3.24. The molecule has 1 unspecified atom stereocenters. The summed E-state index contributed by atoms with van der Waals surface area (Å²) in [5.74, 6) is -2.49. The molecule has 10 heteroatoms. The quantitative estimate of drug-likeness (QED) is 0.756. The number of nitrogens with zero attached hydrogens (tertiary/aromatic N) is 4. The third-order valence-corrected chi connectivity index (χ3v) is 4.42. The van der Waals surface area contributed by atoms with Crippen LogP contribution in [0.3, 0.4) is 0 Å². The fourth-order valence-corrected chi connectivity index (χ4v) is 2.94. The second-order valence-corrected chi connectivity index (χ2v) is 6.15. The van der Waals surface area contributed by atoms with Crippen LogP contribution in [0.1, 0.15) is 30.1 Å². The number of fused-ring (bicyclic) bond motifs is 1. The number of halogens is 5. The Hall–Kier alpha value is -2.16. The highest BCUT2D eigenvalue weighted by Crippen LogP contribution is 2.30. The van der Waals surface area contributed by atoms with Gasteiger partial charge in [0.1, 0.15) is 5.82 Å². The van der Waals surface area contributed by atoms with Crippen LogP contribution in [0.2, 0.25) is 5.02 Å². The number of amides is 1. The van der Waals surface area contributed by atoms with Crippen LogP contribution >= 0.6 is 11.6 Å². The zero-order valence-electron chi connectivity index (χ0n) is 13.0.